The van der Waals surface area contributed by atoms with Crippen molar-refractivity contribution in [3.05, 3.63) is 89.7 Å². The third-order valence-electron chi connectivity index (χ3n) is 3.97. The molecule has 0 saturated heterocycles. The van der Waals surface area contributed by atoms with Crippen LogP contribution in [0.1, 0.15) is 21.6 Å². The van der Waals surface area contributed by atoms with Crippen LogP contribution in [0, 0.1) is 6.92 Å². The first-order chi connectivity index (χ1) is 12.2. The Bertz CT molecular complexity index is 847. The summed E-state index contributed by atoms with van der Waals surface area (Å²) in [5.74, 6) is -0.207. The van der Waals surface area contributed by atoms with Gasteiger partial charge in [0.1, 0.15) is 5.69 Å². The third-order valence-corrected chi connectivity index (χ3v) is 3.97. The predicted octanol–water partition coefficient (Wildman–Crippen LogP) is 4.30. The number of hydrogen-bond donors (Lipinski definition) is 2. The Balaban J connectivity index is 1.61. The van der Waals surface area contributed by atoms with Crippen LogP contribution in [0.4, 0.5) is 11.4 Å². The zero-order chi connectivity index (χ0) is 17.5. The van der Waals surface area contributed by atoms with Gasteiger partial charge in [0, 0.05) is 24.1 Å². The first kappa shape index (κ1) is 16.7. The zero-order valence-electron chi connectivity index (χ0n) is 14.2. The molecular formula is C21H21N3O. The standard InChI is InChI=1S/C21H21N3O/c1-16-7-5-6-10-19(16)24-21(25)20-15-18(12-14-23-20)22-13-11-17-8-3-2-4-9-17/h2-10,12,14-15H,11,13H2,1H3,(H,22,23)(H,24,25). The maximum absolute atomic E-state index is 12.4. The number of benzene rings is 2. The summed E-state index contributed by atoms with van der Waals surface area (Å²) in [7, 11) is 0. The number of aryl methyl sites for hydroxylation is 1. The fourth-order valence-electron chi connectivity index (χ4n) is 2.56. The second-order valence-corrected chi connectivity index (χ2v) is 5.86. The molecule has 4 nitrogen and oxygen atoms in total. The highest BCUT2D eigenvalue weighted by Gasteiger charge is 2.09. The third kappa shape index (κ3) is 4.67. The van der Waals surface area contributed by atoms with Crippen LogP contribution in [0.2, 0.25) is 0 Å². The van der Waals surface area contributed by atoms with Crippen molar-refractivity contribution in [2.24, 2.45) is 0 Å². The molecule has 1 heterocycles. The lowest BCUT2D eigenvalue weighted by Crippen LogP contribution is -2.15. The zero-order valence-corrected chi connectivity index (χ0v) is 14.2. The smallest absolute Gasteiger partial charge is 0.274 e. The van der Waals surface area contributed by atoms with Gasteiger partial charge in [-0.05, 0) is 42.7 Å². The summed E-state index contributed by atoms with van der Waals surface area (Å²) in [5, 5.41) is 6.25. The largest absolute Gasteiger partial charge is 0.385 e. The Morgan fingerprint density at radius 2 is 1.76 bits per heavy atom. The lowest BCUT2D eigenvalue weighted by atomic mass is 10.1. The van der Waals surface area contributed by atoms with Gasteiger partial charge >= 0.3 is 0 Å². The Labute approximate surface area is 147 Å². The molecule has 2 N–H and O–H groups in total. The van der Waals surface area contributed by atoms with E-state index in [2.05, 4.69) is 27.8 Å². The van der Waals surface area contributed by atoms with Crippen molar-refractivity contribution in [1.29, 1.82) is 0 Å². The molecule has 0 aliphatic carbocycles. The second-order valence-electron chi connectivity index (χ2n) is 5.86. The number of carbonyl (C=O) groups excluding carboxylic acids is 1. The number of rotatable bonds is 6. The first-order valence-corrected chi connectivity index (χ1v) is 8.33. The number of carbonyl (C=O) groups is 1. The molecule has 3 aromatic rings. The summed E-state index contributed by atoms with van der Waals surface area (Å²) in [4.78, 5) is 16.6. The average Bonchev–Trinajstić information content (AvgIpc) is 2.65. The SMILES string of the molecule is Cc1ccccc1NC(=O)c1cc(NCCc2ccccc2)ccn1. The van der Waals surface area contributed by atoms with E-state index < -0.39 is 0 Å². The maximum atomic E-state index is 12.4. The van der Waals surface area contributed by atoms with E-state index in [1.54, 1.807) is 12.3 Å². The Morgan fingerprint density at radius 1 is 1.00 bits per heavy atom. The molecule has 0 bridgehead atoms. The number of hydrogen-bond acceptors (Lipinski definition) is 3. The maximum Gasteiger partial charge on any atom is 0.274 e. The molecule has 0 fully saturated rings. The van der Waals surface area contributed by atoms with Crippen LogP contribution >= 0.6 is 0 Å². The molecule has 3 rings (SSSR count). The predicted molar refractivity (Wildman–Crippen MR) is 102 cm³/mol. The molecule has 0 saturated carbocycles. The van der Waals surface area contributed by atoms with Gasteiger partial charge in [-0.1, -0.05) is 48.5 Å². The van der Waals surface area contributed by atoms with Crippen molar-refractivity contribution in [1.82, 2.24) is 4.98 Å². The molecule has 0 aliphatic heterocycles. The van der Waals surface area contributed by atoms with Gasteiger partial charge in [0.25, 0.3) is 5.91 Å². The number of nitrogens with zero attached hydrogens (tertiary/aromatic N) is 1. The monoisotopic (exact) mass is 331 g/mol. The minimum atomic E-state index is -0.207. The highest BCUT2D eigenvalue weighted by molar-refractivity contribution is 6.03. The summed E-state index contributed by atoms with van der Waals surface area (Å²) < 4.78 is 0. The lowest BCUT2D eigenvalue weighted by molar-refractivity contribution is 0.102. The summed E-state index contributed by atoms with van der Waals surface area (Å²) in [6, 6.07) is 21.6. The number of anilines is 2. The van der Waals surface area contributed by atoms with Gasteiger partial charge in [-0.25, -0.2) is 0 Å². The van der Waals surface area contributed by atoms with Crippen LogP contribution in [0.25, 0.3) is 0 Å². The van der Waals surface area contributed by atoms with E-state index in [1.165, 1.54) is 5.56 Å². The van der Waals surface area contributed by atoms with Crippen LogP contribution in [0.15, 0.2) is 72.9 Å². The van der Waals surface area contributed by atoms with Gasteiger partial charge in [0.05, 0.1) is 0 Å². The van der Waals surface area contributed by atoms with Crippen molar-refractivity contribution < 1.29 is 4.79 Å². The molecule has 1 aromatic heterocycles. The van der Waals surface area contributed by atoms with Crippen LogP contribution in [-0.2, 0) is 6.42 Å². The number of nitrogens with one attached hydrogen (secondary N) is 2. The lowest BCUT2D eigenvalue weighted by Gasteiger charge is -2.10. The molecule has 0 atom stereocenters. The first-order valence-electron chi connectivity index (χ1n) is 8.33. The fraction of sp³-hybridized carbons (Fsp3) is 0.143. The topological polar surface area (TPSA) is 54.0 Å². The average molecular weight is 331 g/mol. The van der Waals surface area contributed by atoms with E-state index >= 15 is 0 Å². The molecule has 126 valence electrons. The molecular weight excluding hydrogens is 310 g/mol. The summed E-state index contributed by atoms with van der Waals surface area (Å²) in [5.41, 5.74) is 4.39. The minimum Gasteiger partial charge on any atom is -0.385 e. The number of amides is 1. The molecule has 25 heavy (non-hydrogen) atoms. The van der Waals surface area contributed by atoms with Gasteiger partial charge in [-0.3, -0.25) is 9.78 Å². The van der Waals surface area contributed by atoms with E-state index in [-0.39, 0.29) is 5.91 Å². The number of aromatic nitrogens is 1. The normalized spacial score (nSPS) is 10.3. The molecule has 0 unspecified atom stereocenters. The Morgan fingerprint density at radius 3 is 2.56 bits per heavy atom. The van der Waals surface area contributed by atoms with E-state index in [0.717, 1.165) is 29.9 Å². The molecule has 1 amide bonds. The highest BCUT2D eigenvalue weighted by Crippen LogP contribution is 2.15. The highest BCUT2D eigenvalue weighted by atomic mass is 16.1. The second kappa shape index (κ2) is 8.11. The number of para-hydroxylation sites is 1. The molecule has 2 aromatic carbocycles. The van der Waals surface area contributed by atoms with Crippen LogP contribution in [0.5, 0.6) is 0 Å². The van der Waals surface area contributed by atoms with Gasteiger partial charge in [-0.15, -0.1) is 0 Å². The summed E-state index contributed by atoms with van der Waals surface area (Å²) >= 11 is 0. The van der Waals surface area contributed by atoms with Crippen molar-refractivity contribution >= 4 is 17.3 Å². The molecule has 0 aliphatic rings. The summed E-state index contributed by atoms with van der Waals surface area (Å²) in [6.07, 6.45) is 2.57. The van der Waals surface area contributed by atoms with Gasteiger partial charge in [0.15, 0.2) is 0 Å². The van der Waals surface area contributed by atoms with Crippen molar-refractivity contribution in [2.45, 2.75) is 13.3 Å². The van der Waals surface area contributed by atoms with Crippen LogP contribution in [-0.4, -0.2) is 17.4 Å². The van der Waals surface area contributed by atoms with Gasteiger partial charge in [-0.2, -0.15) is 0 Å². The number of pyridine rings is 1. The molecule has 0 spiro atoms. The van der Waals surface area contributed by atoms with E-state index in [0.29, 0.717) is 5.69 Å². The van der Waals surface area contributed by atoms with E-state index in [4.69, 9.17) is 0 Å². The fourth-order valence-corrected chi connectivity index (χ4v) is 2.56. The van der Waals surface area contributed by atoms with E-state index in [1.807, 2.05) is 55.5 Å². The van der Waals surface area contributed by atoms with Gasteiger partial charge < -0.3 is 10.6 Å². The minimum absolute atomic E-state index is 0.207. The molecule has 4 heteroatoms. The van der Waals surface area contributed by atoms with E-state index in [9.17, 15) is 4.79 Å². The Hall–Kier alpha value is -3.14. The van der Waals surface area contributed by atoms with Gasteiger partial charge in [0.2, 0.25) is 0 Å². The van der Waals surface area contributed by atoms with Crippen LogP contribution in [0.3, 0.4) is 0 Å². The van der Waals surface area contributed by atoms with Crippen LogP contribution < -0.4 is 10.6 Å². The molecule has 0 radical (unpaired) electrons. The van der Waals surface area contributed by atoms with Crippen molar-refractivity contribution in [3.63, 3.8) is 0 Å². The van der Waals surface area contributed by atoms with Crippen molar-refractivity contribution in [2.75, 3.05) is 17.2 Å². The quantitative estimate of drug-likeness (QED) is 0.708. The van der Waals surface area contributed by atoms with Crippen molar-refractivity contribution in [3.8, 4) is 0 Å². The Kier molecular flexibility index (Phi) is 5.42. The summed E-state index contributed by atoms with van der Waals surface area (Å²) in [6.45, 7) is 2.76.